The Bertz CT molecular complexity index is 775. The van der Waals surface area contributed by atoms with Gasteiger partial charge in [0, 0.05) is 12.1 Å². The molecule has 2 amide bonds. The third-order valence-corrected chi connectivity index (χ3v) is 3.70. The molecule has 7 heteroatoms. The Morgan fingerprint density at radius 2 is 1.88 bits per heavy atom. The lowest BCUT2D eigenvalue weighted by atomic mass is 10.1. The Hall–Kier alpha value is -2.73. The van der Waals surface area contributed by atoms with Gasteiger partial charge in [-0.15, -0.1) is 0 Å². The van der Waals surface area contributed by atoms with Crippen LogP contribution in [0.5, 0.6) is 11.5 Å². The fourth-order valence-corrected chi connectivity index (χ4v) is 2.39. The first-order chi connectivity index (χ1) is 11.9. The van der Waals surface area contributed by atoms with Crippen LogP contribution in [0.3, 0.4) is 0 Å². The summed E-state index contributed by atoms with van der Waals surface area (Å²) in [6, 6.07) is 10.8. The molecule has 0 spiro atoms. The number of aryl methyl sites for hydroxylation is 1. The number of carbonyl (C=O) groups excluding carboxylic acids is 2. The van der Waals surface area contributed by atoms with Crippen LogP contribution in [-0.2, 0) is 11.3 Å². The molecule has 0 aromatic heterocycles. The van der Waals surface area contributed by atoms with Crippen molar-refractivity contribution in [3.63, 3.8) is 0 Å². The van der Waals surface area contributed by atoms with Gasteiger partial charge in [-0.2, -0.15) is 0 Å². The van der Waals surface area contributed by atoms with Gasteiger partial charge >= 0.3 is 0 Å². The molecule has 0 bridgehead atoms. The third kappa shape index (κ3) is 5.12. The molecule has 2 aromatic carbocycles. The van der Waals surface area contributed by atoms with Crippen molar-refractivity contribution in [2.24, 2.45) is 5.73 Å². The molecular weight excluding hydrogens is 344 g/mol. The molecule has 2 aromatic rings. The first-order valence-corrected chi connectivity index (χ1v) is 7.91. The zero-order chi connectivity index (χ0) is 18.4. The van der Waals surface area contributed by atoms with E-state index in [1.165, 1.54) is 19.2 Å². The summed E-state index contributed by atoms with van der Waals surface area (Å²) in [7, 11) is 1.41. The number of halogens is 1. The number of benzene rings is 2. The van der Waals surface area contributed by atoms with E-state index in [4.69, 9.17) is 26.8 Å². The number of carbonyl (C=O) groups is 2. The second-order valence-corrected chi connectivity index (χ2v) is 5.82. The molecule has 6 nitrogen and oxygen atoms in total. The Morgan fingerprint density at radius 1 is 1.20 bits per heavy atom. The van der Waals surface area contributed by atoms with Crippen molar-refractivity contribution in [2.45, 2.75) is 13.5 Å². The molecule has 3 N–H and O–H groups in total. The van der Waals surface area contributed by atoms with Crippen molar-refractivity contribution in [1.29, 1.82) is 0 Å². The monoisotopic (exact) mass is 362 g/mol. The lowest BCUT2D eigenvalue weighted by molar-refractivity contribution is -0.119. The van der Waals surface area contributed by atoms with Gasteiger partial charge in [0.05, 0.1) is 12.1 Å². The number of ether oxygens (including phenoxy) is 2. The van der Waals surface area contributed by atoms with Gasteiger partial charge in [-0.1, -0.05) is 41.4 Å². The highest BCUT2D eigenvalue weighted by atomic mass is 35.5. The highest BCUT2D eigenvalue weighted by molar-refractivity contribution is 6.32. The fourth-order valence-electron chi connectivity index (χ4n) is 2.12. The van der Waals surface area contributed by atoms with Gasteiger partial charge in [-0.05, 0) is 24.6 Å². The first kappa shape index (κ1) is 18.6. The second kappa shape index (κ2) is 8.39. The van der Waals surface area contributed by atoms with E-state index in [1.54, 1.807) is 0 Å². The molecule has 0 atom stereocenters. The van der Waals surface area contributed by atoms with E-state index in [-0.39, 0.29) is 29.0 Å². The summed E-state index contributed by atoms with van der Waals surface area (Å²) in [6.45, 7) is 2.05. The summed E-state index contributed by atoms with van der Waals surface area (Å²) in [5.41, 5.74) is 7.51. The Labute approximate surface area is 150 Å². The molecule has 2 rings (SSSR count). The smallest absolute Gasteiger partial charge is 0.255 e. The van der Waals surface area contributed by atoms with Crippen molar-refractivity contribution in [3.05, 3.63) is 58.1 Å². The molecule has 132 valence electrons. The van der Waals surface area contributed by atoms with Crippen molar-refractivity contribution < 1.29 is 19.1 Å². The van der Waals surface area contributed by atoms with Crippen LogP contribution in [0.2, 0.25) is 5.02 Å². The molecular formula is C18H19ClN2O4. The largest absolute Gasteiger partial charge is 0.493 e. The molecule has 0 aliphatic rings. The maximum Gasteiger partial charge on any atom is 0.255 e. The minimum absolute atomic E-state index is 0.154. The van der Waals surface area contributed by atoms with Crippen molar-refractivity contribution in [2.75, 3.05) is 13.7 Å². The molecule has 25 heavy (non-hydrogen) atoms. The lowest BCUT2D eigenvalue weighted by Gasteiger charge is -2.13. The summed E-state index contributed by atoms with van der Waals surface area (Å²) < 4.78 is 10.4. The number of rotatable bonds is 7. The zero-order valence-corrected chi connectivity index (χ0v) is 14.7. The molecule has 0 radical (unpaired) electrons. The summed E-state index contributed by atoms with van der Waals surface area (Å²) in [5, 5.41) is 2.97. The van der Waals surface area contributed by atoms with Crippen LogP contribution in [0.4, 0.5) is 0 Å². The average molecular weight is 363 g/mol. The summed E-state index contributed by atoms with van der Waals surface area (Å²) >= 11 is 6.14. The molecule has 0 saturated carbocycles. The Kier molecular flexibility index (Phi) is 6.25. The lowest BCUT2D eigenvalue weighted by Crippen LogP contribution is -2.23. The number of hydrogen-bond donors (Lipinski definition) is 2. The predicted molar refractivity (Wildman–Crippen MR) is 95.0 cm³/mol. The molecule has 0 unspecified atom stereocenters. The third-order valence-electron chi connectivity index (χ3n) is 3.42. The van der Waals surface area contributed by atoms with Crippen LogP contribution in [0.15, 0.2) is 36.4 Å². The van der Waals surface area contributed by atoms with Crippen LogP contribution < -0.4 is 20.5 Å². The topological polar surface area (TPSA) is 90.7 Å². The van der Waals surface area contributed by atoms with E-state index in [0.29, 0.717) is 12.1 Å². The van der Waals surface area contributed by atoms with E-state index >= 15 is 0 Å². The maximum atomic E-state index is 12.3. The van der Waals surface area contributed by atoms with E-state index in [2.05, 4.69) is 5.32 Å². The van der Waals surface area contributed by atoms with E-state index in [1.807, 2.05) is 31.2 Å². The van der Waals surface area contributed by atoms with Gasteiger partial charge in [0.2, 0.25) is 0 Å². The summed E-state index contributed by atoms with van der Waals surface area (Å²) in [5.74, 6) is -0.535. The standard InChI is InChI=1S/C18H19ClN2O4/c1-11-3-5-12(6-4-11)9-21-18(23)13-7-14(19)17(15(8-13)24-2)25-10-16(20)22/h3-8H,9-10H2,1-2H3,(H2,20,22)(H,21,23). The normalized spacial score (nSPS) is 10.2. The van der Waals surface area contributed by atoms with Gasteiger partial charge in [0.15, 0.2) is 18.1 Å². The minimum atomic E-state index is -0.641. The van der Waals surface area contributed by atoms with Gasteiger partial charge in [-0.3, -0.25) is 9.59 Å². The van der Waals surface area contributed by atoms with E-state index in [0.717, 1.165) is 11.1 Å². The van der Waals surface area contributed by atoms with Gasteiger partial charge in [0.25, 0.3) is 11.8 Å². The quantitative estimate of drug-likeness (QED) is 0.791. The number of amides is 2. The molecule has 0 fully saturated rings. The van der Waals surface area contributed by atoms with Gasteiger partial charge < -0.3 is 20.5 Å². The average Bonchev–Trinajstić information content (AvgIpc) is 2.59. The highest BCUT2D eigenvalue weighted by Crippen LogP contribution is 2.36. The second-order valence-electron chi connectivity index (χ2n) is 5.41. The van der Waals surface area contributed by atoms with Crippen molar-refractivity contribution >= 4 is 23.4 Å². The molecule has 0 saturated heterocycles. The van der Waals surface area contributed by atoms with Crippen LogP contribution in [0.25, 0.3) is 0 Å². The van der Waals surface area contributed by atoms with Crippen LogP contribution in [0, 0.1) is 6.92 Å². The molecule has 0 heterocycles. The number of nitrogens with two attached hydrogens (primary N) is 1. The number of hydrogen-bond acceptors (Lipinski definition) is 4. The van der Waals surface area contributed by atoms with Crippen LogP contribution in [-0.4, -0.2) is 25.5 Å². The number of nitrogens with one attached hydrogen (secondary N) is 1. The first-order valence-electron chi connectivity index (χ1n) is 7.53. The van der Waals surface area contributed by atoms with E-state index in [9.17, 15) is 9.59 Å². The van der Waals surface area contributed by atoms with Gasteiger partial charge in [0.1, 0.15) is 0 Å². The highest BCUT2D eigenvalue weighted by Gasteiger charge is 2.16. The van der Waals surface area contributed by atoms with Crippen LogP contribution in [0.1, 0.15) is 21.5 Å². The molecule has 0 aliphatic heterocycles. The Balaban J connectivity index is 2.12. The summed E-state index contributed by atoms with van der Waals surface area (Å²) in [6.07, 6.45) is 0. The predicted octanol–water partition coefficient (Wildman–Crippen LogP) is 2.45. The zero-order valence-electron chi connectivity index (χ0n) is 14.0. The van der Waals surface area contributed by atoms with Gasteiger partial charge in [-0.25, -0.2) is 0 Å². The Morgan fingerprint density at radius 3 is 2.48 bits per heavy atom. The van der Waals surface area contributed by atoms with Crippen molar-refractivity contribution in [1.82, 2.24) is 5.32 Å². The van der Waals surface area contributed by atoms with Crippen LogP contribution >= 0.6 is 11.6 Å². The minimum Gasteiger partial charge on any atom is -0.493 e. The maximum absolute atomic E-state index is 12.3. The number of methoxy groups -OCH3 is 1. The fraction of sp³-hybridized carbons (Fsp3) is 0.222. The number of primary amides is 1. The molecule has 0 aliphatic carbocycles. The van der Waals surface area contributed by atoms with E-state index < -0.39 is 5.91 Å². The SMILES string of the molecule is COc1cc(C(=O)NCc2ccc(C)cc2)cc(Cl)c1OCC(N)=O. The van der Waals surface area contributed by atoms with Crippen molar-refractivity contribution in [3.8, 4) is 11.5 Å². The summed E-state index contributed by atoms with van der Waals surface area (Å²) in [4.78, 5) is 23.2.